The first-order chi connectivity index (χ1) is 6.59. The molecule has 0 amide bonds. The van der Waals surface area contributed by atoms with Crippen molar-refractivity contribution < 1.29 is 0 Å². The van der Waals surface area contributed by atoms with Crippen molar-refractivity contribution in [3.63, 3.8) is 0 Å². The summed E-state index contributed by atoms with van der Waals surface area (Å²) in [6.07, 6.45) is 5.87. The van der Waals surface area contributed by atoms with E-state index >= 15 is 0 Å². The number of pyridine rings is 1. The van der Waals surface area contributed by atoms with Crippen molar-refractivity contribution in [1.82, 2.24) is 4.98 Å². The Balaban J connectivity index is 2.45. The van der Waals surface area contributed by atoms with Crippen molar-refractivity contribution in [1.29, 1.82) is 0 Å². The van der Waals surface area contributed by atoms with Crippen LogP contribution in [0.25, 0.3) is 0 Å². The zero-order valence-corrected chi connectivity index (χ0v) is 9.88. The first-order valence-electron chi connectivity index (χ1n) is 5.14. The van der Waals surface area contributed by atoms with Gasteiger partial charge in [0, 0.05) is 17.8 Å². The SMILES string of the molecule is Cc1cncc(CCC(Cl)C(C)C)c1. The molecule has 0 aromatic carbocycles. The third kappa shape index (κ3) is 3.67. The minimum absolute atomic E-state index is 0.274. The Morgan fingerprint density at radius 1 is 1.36 bits per heavy atom. The Bertz CT molecular complexity index is 283. The summed E-state index contributed by atoms with van der Waals surface area (Å²) in [5, 5.41) is 0.274. The second-order valence-corrected chi connectivity index (χ2v) is 4.73. The molecule has 0 aliphatic heterocycles. The molecule has 1 aromatic rings. The highest BCUT2D eigenvalue weighted by Crippen LogP contribution is 2.16. The summed E-state index contributed by atoms with van der Waals surface area (Å²) in [7, 11) is 0. The zero-order chi connectivity index (χ0) is 10.6. The molecule has 0 fully saturated rings. The van der Waals surface area contributed by atoms with E-state index in [4.69, 9.17) is 11.6 Å². The number of rotatable bonds is 4. The third-order valence-electron chi connectivity index (χ3n) is 2.36. The lowest BCUT2D eigenvalue weighted by molar-refractivity contribution is 0.565. The largest absolute Gasteiger partial charge is 0.264 e. The molecule has 14 heavy (non-hydrogen) atoms. The van der Waals surface area contributed by atoms with Crippen molar-refractivity contribution >= 4 is 11.6 Å². The molecule has 0 spiro atoms. The highest BCUT2D eigenvalue weighted by molar-refractivity contribution is 6.20. The van der Waals surface area contributed by atoms with Gasteiger partial charge in [-0.25, -0.2) is 0 Å². The van der Waals surface area contributed by atoms with Crippen molar-refractivity contribution in [3.05, 3.63) is 29.6 Å². The Morgan fingerprint density at radius 3 is 2.64 bits per heavy atom. The average molecular weight is 212 g/mol. The lowest BCUT2D eigenvalue weighted by atomic mass is 10.0. The Labute approximate surface area is 91.5 Å². The van der Waals surface area contributed by atoms with Crippen molar-refractivity contribution in [3.8, 4) is 0 Å². The van der Waals surface area contributed by atoms with Crippen LogP contribution in [0.1, 0.15) is 31.4 Å². The molecule has 1 heterocycles. The fraction of sp³-hybridized carbons (Fsp3) is 0.583. The maximum Gasteiger partial charge on any atom is 0.0362 e. The topological polar surface area (TPSA) is 12.9 Å². The molecule has 1 unspecified atom stereocenters. The predicted molar refractivity (Wildman–Crippen MR) is 61.8 cm³/mol. The molecular weight excluding hydrogens is 194 g/mol. The zero-order valence-electron chi connectivity index (χ0n) is 9.13. The molecule has 0 bridgehead atoms. The summed E-state index contributed by atoms with van der Waals surface area (Å²) in [5.41, 5.74) is 2.51. The van der Waals surface area contributed by atoms with E-state index < -0.39 is 0 Å². The van der Waals surface area contributed by atoms with E-state index in [0.717, 1.165) is 12.8 Å². The van der Waals surface area contributed by atoms with E-state index in [0.29, 0.717) is 5.92 Å². The van der Waals surface area contributed by atoms with Gasteiger partial charge >= 0.3 is 0 Å². The van der Waals surface area contributed by atoms with Gasteiger partial charge in [0.25, 0.3) is 0 Å². The third-order valence-corrected chi connectivity index (χ3v) is 3.09. The van der Waals surface area contributed by atoms with Crippen molar-refractivity contribution in [2.75, 3.05) is 0 Å². The van der Waals surface area contributed by atoms with Crippen LogP contribution in [0.15, 0.2) is 18.5 Å². The number of hydrogen-bond donors (Lipinski definition) is 0. The van der Waals surface area contributed by atoms with Crippen molar-refractivity contribution in [2.24, 2.45) is 5.92 Å². The molecule has 1 rings (SSSR count). The summed E-state index contributed by atoms with van der Waals surface area (Å²) in [6.45, 7) is 6.38. The summed E-state index contributed by atoms with van der Waals surface area (Å²) in [6, 6.07) is 2.18. The van der Waals surface area contributed by atoms with E-state index in [-0.39, 0.29) is 5.38 Å². The summed E-state index contributed by atoms with van der Waals surface area (Å²) < 4.78 is 0. The molecule has 0 aliphatic rings. The highest BCUT2D eigenvalue weighted by Gasteiger charge is 2.09. The predicted octanol–water partition coefficient (Wildman–Crippen LogP) is 3.59. The number of alkyl halides is 1. The van der Waals surface area contributed by atoms with Gasteiger partial charge in [0.2, 0.25) is 0 Å². The number of aromatic nitrogens is 1. The smallest absolute Gasteiger partial charge is 0.0362 e. The van der Waals surface area contributed by atoms with Gasteiger partial charge in [-0.15, -0.1) is 11.6 Å². The van der Waals surface area contributed by atoms with Gasteiger partial charge < -0.3 is 0 Å². The van der Waals surface area contributed by atoms with Crippen LogP contribution >= 0.6 is 11.6 Å². The van der Waals surface area contributed by atoms with Crippen LogP contribution in [0, 0.1) is 12.8 Å². The van der Waals surface area contributed by atoms with Crippen LogP contribution in [-0.4, -0.2) is 10.4 Å². The number of nitrogens with zero attached hydrogens (tertiary/aromatic N) is 1. The Kier molecular flexibility index (Phi) is 4.40. The van der Waals surface area contributed by atoms with Crippen LogP contribution in [-0.2, 0) is 6.42 Å². The summed E-state index contributed by atoms with van der Waals surface area (Å²) in [4.78, 5) is 4.16. The average Bonchev–Trinajstić information content (AvgIpc) is 2.14. The minimum atomic E-state index is 0.274. The molecule has 1 aromatic heterocycles. The number of aryl methyl sites for hydroxylation is 2. The van der Waals surface area contributed by atoms with Gasteiger partial charge in [0.1, 0.15) is 0 Å². The quantitative estimate of drug-likeness (QED) is 0.694. The fourth-order valence-electron chi connectivity index (χ4n) is 1.39. The first-order valence-corrected chi connectivity index (χ1v) is 5.58. The van der Waals surface area contributed by atoms with Crippen LogP contribution in [0.3, 0.4) is 0 Å². The lowest BCUT2D eigenvalue weighted by Crippen LogP contribution is -2.08. The van der Waals surface area contributed by atoms with E-state index in [2.05, 4.69) is 31.8 Å². The standard InChI is InChI=1S/C12H18ClN/c1-9(2)12(13)5-4-11-6-10(3)7-14-8-11/h6-9,12H,4-5H2,1-3H3. The number of hydrogen-bond acceptors (Lipinski definition) is 1. The van der Waals surface area contributed by atoms with Crippen LogP contribution in [0.2, 0.25) is 0 Å². The van der Waals surface area contributed by atoms with E-state index in [9.17, 15) is 0 Å². The molecule has 1 atom stereocenters. The van der Waals surface area contributed by atoms with Gasteiger partial charge in [-0.3, -0.25) is 4.98 Å². The van der Waals surface area contributed by atoms with Crippen LogP contribution in [0.5, 0.6) is 0 Å². The Morgan fingerprint density at radius 2 is 2.07 bits per heavy atom. The molecule has 0 N–H and O–H groups in total. The molecule has 0 aliphatic carbocycles. The van der Waals surface area contributed by atoms with E-state index in [1.54, 1.807) is 0 Å². The fourth-order valence-corrected chi connectivity index (χ4v) is 1.50. The molecular formula is C12H18ClN. The van der Waals surface area contributed by atoms with E-state index in [1.165, 1.54) is 11.1 Å². The minimum Gasteiger partial charge on any atom is -0.264 e. The summed E-state index contributed by atoms with van der Waals surface area (Å²) >= 11 is 6.19. The molecule has 0 saturated carbocycles. The maximum absolute atomic E-state index is 6.19. The van der Waals surface area contributed by atoms with Gasteiger partial charge in [0.15, 0.2) is 0 Å². The number of halogens is 1. The molecule has 0 saturated heterocycles. The van der Waals surface area contributed by atoms with E-state index in [1.807, 2.05) is 12.4 Å². The van der Waals surface area contributed by atoms with Gasteiger partial charge in [-0.05, 0) is 36.8 Å². The van der Waals surface area contributed by atoms with Gasteiger partial charge in [0.05, 0.1) is 0 Å². The molecule has 2 heteroatoms. The van der Waals surface area contributed by atoms with Crippen LogP contribution in [0.4, 0.5) is 0 Å². The molecule has 1 nitrogen and oxygen atoms in total. The summed E-state index contributed by atoms with van der Waals surface area (Å²) in [5.74, 6) is 0.550. The first kappa shape index (κ1) is 11.5. The molecule has 78 valence electrons. The van der Waals surface area contributed by atoms with Crippen LogP contribution < -0.4 is 0 Å². The molecule has 0 radical (unpaired) electrons. The van der Waals surface area contributed by atoms with Crippen molar-refractivity contribution in [2.45, 2.75) is 39.0 Å². The second kappa shape index (κ2) is 5.35. The monoisotopic (exact) mass is 211 g/mol. The normalized spacial score (nSPS) is 13.2. The van der Waals surface area contributed by atoms with Gasteiger partial charge in [-0.1, -0.05) is 19.9 Å². The van der Waals surface area contributed by atoms with Gasteiger partial charge in [-0.2, -0.15) is 0 Å². The highest BCUT2D eigenvalue weighted by atomic mass is 35.5. The lowest BCUT2D eigenvalue weighted by Gasteiger charge is -2.12. The second-order valence-electron chi connectivity index (χ2n) is 4.17. The Hall–Kier alpha value is -0.560. The maximum atomic E-state index is 6.19.